The molecule has 0 aliphatic carbocycles. The molecule has 1 atom stereocenters. The summed E-state index contributed by atoms with van der Waals surface area (Å²) >= 11 is 3.87. The standard InChI is InChI=1S/C14H26N2S2/c1-7-15-12(9-17-14(4,5)6)8-13-16-10(2)11(3)18-13/h12,15H,7-9H2,1-6H3. The second kappa shape index (κ2) is 6.92. The number of thioether (sulfide) groups is 1. The monoisotopic (exact) mass is 286 g/mol. The summed E-state index contributed by atoms with van der Waals surface area (Å²) in [5.74, 6) is 1.15. The van der Waals surface area contributed by atoms with Crippen molar-refractivity contribution in [3.05, 3.63) is 15.6 Å². The first kappa shape index (κ1) is 16.0. The van der Waals surface area contributed by atoms with E-state index in [4.69, 9.17) is 0 Å². The average molecular weight is 287 g/mol. The number of thiazole rings is 1. The van der Waals surface area contributed by atoms with E-state index in [2.05, 4.69) is 51.8 Å². The van der Waals surface area contributed by atoms with Gasteiger partial charge in [-0.05, 0) is 20.4 Å². The number of aryl methyl sites for hydroxylation is 2. The molecule has 0 bridgehead atoms. The van der Waals surface area contributed by atoms with Crippen LogP contribution in [0.3, 0.4) is 0 Å². The predicted molar refractivity (Wildman–Crippen MR) is 85.0 cm³/mol. The molecule has 1 rings (SSSR count). The van der Waals surface area contributed by atoms with Crippen LogP contribution in [-0.4, -0.2) is 28.1 Å². The molecule has 1 aromatic heterocycles. The van der Waals surface area contributed by atoms with Gasteiger partial charge < -0.3 is 5.32 Å². The molecule has 0 fully saturated rings. The first-order chi connectivity index (χ1) is 8.31. The number of hydrogen-bond acceptors (Lipinski definition) is 4. The zero-order valence-electron chi connectivity index (χ0n) is 12.5. The molecule has 104 valence electrons. The van der Waals surface area contributed by atoms with Crippen LogP contribution in [0.1, 0.15) is 43.3 Å². The summed E-state index contributed by atoms with van der Waals surface area (Å²) in [5, 5.41) is 4.85. The first-order valence-electron chi connectivity index (χ1n) is 6.62. The smallest absolute Gasteiger partial charge is 0.0946 e. The lowest BCUT2D eigenvalue weighted by Gasteiger charge is -2.23. The van der Waals surface area contributed by atoms with Crippen LogP contribution in [0.5, 0.6) is 0 Å². The Hall–Kier alpha value is -0.0600. The Morgan fingerprint density at radius 1 is 1.33 bits per heavy atom. The van der Waals surface area contributed by atoms with Crippen LogP contribution in [0.15, 0.2) is 0 Å². The number of aromatic nitrogens is 1. The molecule has 0 spiro atoms. The van der Waals surface area contributed by atoms with Crippen molar-refractivity contribution in [3.8, 4) is 0 Å². The van der Waals surface area contributed by atoms with Gasteiger partial charge in [-0.15, -0.1) is 11.3 Å². The van der Waals surface area contributed by atoms with Gasteiger partial charge in [0.2, 0.25) is 0 Å². The Labute approximate surface area is 120 Å². The molecule has 0 aliphatic heterocycles. The Morgan fingerprint density at radius 3 is 2.44 bits per heavy atom. The quantitative estimate of drug-likeness (QED) is 0.860. The molecule has 1 aromatic rings. The molecule has 1 N–H and O–H groups in total. The van der Waals surface area contributed by atoms with Crippen molar-refractivity contribution in [2.45, 2.75) is 58.8 Å². The average Bonchev–Trinajstić information content (AvgIpc) is 2.54. The van der Waals surface area contributed by atoms with Gasteiger partial charge in [0.25, 0.3) is 0 Å². The summed E-state index contributed by atoms with van der Waals surface area (Å²) < 4.78 is 0.336. The predicted octanol–water partition coefficient (Wildman–Crippen LogP) is 3.81. The van der Waals surface area contributed by atoms with Gasteiger partial charge in [-0.2, -0.15) is 11.8 Å². The SMILES string of the molecule is CCNC(CSC(C)(C)C)Cc1nc(C)c(C)s1. The normalized spacial score (nSPS) is 13.9. The molecular formula is C14H26N2S2. The Morgan fingerprint density at radius 2 is 2.00 bits per heavy atom. The van der Waals surface area contributed by atoms with Gasteiger partial charge in [0.1, 0.15) is 0 Å². The summed E-state index contributed by atoms with van der Waals surface area (Å²) in [7, 11) is 0. The van der Waals surface area contributed by atoms with Crippen LogP contribution in [-0.2, 0) is 6.42 Å². The summed E-state index contributed by atoms with van der Waals surface area (Å²) in [4.78, 5) is 6.00. The molecule has 0 saturated carbocycles. The fourth-order valence-corrected chi connectivity index (χ4v) is 3.62. The van der Waals surface area contributed by atoms with E-state index in [-0.39, 0.29) is 0 Å². The minimum atomic E-state index is 0.336. The third-order valence-electron chi connectivity index (χ3n) is 2.70. The maximum absolute atomic E-state index is 4.65. The molecule has 0 radical (unpaired) electrons. The molecule has 1 unspecified atom stereocenters. The van der Waals surface area contributed by atoms with Crippen molar-refractivity contribution < 1.29 is 0 Å². The molecular weight excluding hydrogens is 260 g/mol. The van der Waals surface area contributed by atoms with Gasteiger partial charge in [0.05, 0.1) is 10.7 Å². The van der Waals surface area contributed by atoms with Crippen molar-refractivity contribution >= 4 is 23.1 Å². The Bertz CT molecular complexity index is 347. The summed E-state index contributed by atoms with van der Waals surface area (Å²) in [6, 6.07) is 0.532. The van der Waals surface area contributed by atoms with Crippen molar-refractivity contribution in [2.75, 3.05) is 12.3 Å². The molecule has 4 heteroatoms. The van der Waals surface area contributed by atoms with Gasteiger partial charge in [-0.25, -0.2) is 4.98 Å². The van der Waals surface area contributed by atoms with E-state index in [1.54, 1.807) is 0 Å². The number of hydrogen-bond donors (Lipinski definition) is 1. The second-order valence-electron chi connectivity index (χ2n) is 5.63. The van der Waals surface area contributed by atoms with Crippen LogP contribution in [0.2, 0.25) is 0 Å². The maximum atomic E-state index is 4.65. The molecule has 2 nitrogen and oxygen atoms in total. The zero-order valence-corrected chi connectivity index (χ0v) is 14.1. The van der Waals surface area contributed by atoms with Crippen LogP contribution < -0.4 is 5.32 Å². The Balaban J connectivity index is 2.57. The van der Waals surface area contributed by atoms with Gasteiger partial charge >= 0.3 is 0 Å². The fraction of sp³-hybridized carbons (Fsp3) is 0.786. The topological polar surface area (TPSA) is 24.9 Å². The zero-order chi connectivity index (χ0) is 13.8. The lowest BCUT2D eigenvalue weighted by atomic mass is 10.2. The fourth-order valence-electron chi connectivity index (χ4n) is 1.67. The molecule has 0 aromatic carbocycles. The number of nitrogens with zero attached hydrogens (tertiary/aromatic N) is 1. The molecule has 0 aliphatic rings. The Kier molecular flexibility index (Phi) is 6.15. The largest absolute Gasteiger partial charge is 0.313 e. The van der Waals surface area contributed by atoms with Gasteiger partial charge in [-0.3, -0.25) is 0 Å². The van der Waals surface area contributed by atoms with Crippen molar-refractivity contribution in [1.29, 1.82) is 0 Å². The summed E-state index contributed by atoms with van der Waals surface area (Å²) in [5.41, 5.74) is 1.19. The summed E-state index contributed by atoms with van der Waals surface area (Å²) in [6.45, 7) is 14.3. The highest BCUT2D eigenvalue weighted by Crippen LogP contribution is 2.25. The molecule has 18 heavy (non-hydrogen) atoms. The minimum Gasteiger partial charge on any atom is -0.313 e. The van der Waals surface area contributed by atoms with E-state index < -0.39 is 0 Å². The second-order valence-corrected chi connectivity index (χ2v) is 8.77. The van der Waals surface area contributed by atoms with E-state index in [0.29, 0.717) is 10.8 Å². The molecule has 0 saturated heterocycles. The van der Waals surface area contributed by atoms with E-state index in [0.717, 1.165) is 18.7 Å². The number of likely N-dealkylation sites (N-methyl/N-ethyl adjacent to an activating group) is 1. The molecule has 0 amide bonds. The number of nitrogens with one attached hydrogen (secondary N) is 1. The van der Waals surface area contributed by atoms with Crippen molar-refractivity contribution in [3.63, 3.8) is 0 Å². The summed E-state index contributed by atoms with van der Waals surface area (Å²) in [6.07, 6.45) is 1.05. The van der Waals surface area contributed by atoms with E-state index in [1.165, 1.54) is 15.6 Å². The van der Waals surface area contributed by atoms with Crippen LogP contribution >= 0.6 is 23.1 Å². The highest BCUT2D eigenvalue weighted by Gasteiger charge is 2.17. The van der Waals surface area contributed by atoms with E-state index in [9.17, 15) is 0 Å². The lowest BCUT2D eigenvalue weighted by molar-refractivity contribution is 0.569. The highest BCUT2D eigenvalue weighted by molar-refractivity contribution is 8.00. The highest BCUT2D eigenvalue weighted by atomic mass is 32.2. The third kappa shape index (κ3) is 5.72. The molecule has 1 heterocycles. The third-order valence-corrected chi connectivity index (χ3v) is 5.23. The van der Waals surface area contributed by atoms with Crippen LogP contribution in [0, 0.1) is 13.8 Å². The maximum Gasteiger partial charge on any atom is 0.0946 e. The van der Waals surface area contributed by atoms with E-state index >= 15 is 0 Å². The first-order valence-corrected chi connectivity index (χ1v) is 8.42. The lowest BCUT2D eigenvalue weighted by Crippen LogP contribution is -2.34. The van der Waals surface area contributed by atoms with Gasteiger partial charge in [0.15, 0.2) is 0 Å². The van der Waals surface area contributed by atoms with Crippen LogP contribution in [0.25, 0.3) is 0 Å². The van der Waals surface area contributed by atoms with Crippen molar-refractivity contribution in [2.24, 2.45) is 0 Å². The minimum absolute atomic E-state index is 0.336. The van der Waals surface area contributed by atoms with Crippen molar-refractivity contribution in [1.82, 2.24) is 10.3 Å². The van der Waals surface area contributed by atoms with Gasteiger partial charge in [0, 0.05) is 27.8 Å². The number of rotatable bonds is 6. The van der Waals surface area contributed by atoms with Crippen LogP contribution in [0.4, 0.5) is 0 Å². The van der Waals surface area contributed by atoms with Gasteiger partial charge in [-0.1, -0.05) is 27.7 Å². The van der Waals surface area contributed by atoms with E-state index in [1.807, 2.05) is 23.1 Å².